The average molecular weight is 393 g/mol. The molecule has 2 rings (SSSR count). The Morgan fingerprint density at radius 2 is 2.00 bits per heavy atom. The molecule has 0 saturated carbocycles. The molecule has 148 valence electrons. The first kappa shape index (κ1) is 20.8. The van der Waals surface area contributed by atoms with Crippen LogP contribution in [0.25, 0.3) is 0 Å². The predicted octanol–water partition coefficient (Wildman–Crippen LogP) is 1.98. The van der Waals surface area contributed by atoms with Crippen molar-refractivity contribution in [1.82, 2.24) is 20.9 Å². The van der Waals surface area contributed by atoms with E-state index in [1.807, 2.05) is 19.1 Å². The number of urea groups is 1. The number of fused-ring (bicyclic) bond motifs is 1. The lowest BCUT2D eigenvalue weighted by Gasteiger charge is -2.39. The summed E-state index contributed by atoms with van der Waals surface area (Å²) in [6.45, 7) is 7.92. The first-order valence-electron chi connectivity index (χ1n) is 8.97. The lowest BCUT2D eigenvalue weighted by atomic mass is 9.92. The molecular weight excluding hydrogens is 364 g/mol. The Morgan fingerprint density at radius 1 is 1.30 bits per heavy atom. The van der Waals surface area contributed by atoms with Gasteiger partial charge in [-0.05, 0) is 48.8 Å². The molecule has 0 radical (unpaired) electrons. The Morgan fingerprint density at radius 3 is 2.63 bits per heavy atom. The number of methoxy groups -OCH3 is 2. The summed E-state index contributed by atoms with van der Waals surface area (Å²) in [6, 6.07) is 3.67. The van der Waals surface area contributed by atoms with Gasteiger partial charge in [0.1, 0.15) is 0 Å². The molecule has 0 saturated heterocycles. The second kappa shape index (κ2) is 10.0. The number of thiocarbonyl (C=S) groups is 1. The van der Waals surface area contributed by atoms with Crippen molar-refractivity contribution in [3.8, 4) is 11.5 Å². The molecule has 3 N–H and O–H groups in total. The number of rotatable bonds is 7. The van der Waals surface area contributed by atoms with Gasteiger partial charge in [0.15, 0.2) is 16.6 Å². The Balaban J connectivity index is 2.34. The summed E-state index contributed by atoms with van der Waals surface area (Å²) >= 11 is 5.57. The SMILES string of the molecule is C=CCNC(=S)N1CCc2cc(OC)c(OC)cc2[C@H]1CNC(=O)NCC. The van der Waals surface area contributed by atoms with E-state index >= 15 is 0 Å². The van der Waals surface area contributed by atoms with E-state index < -0.39 is 0 Å². The summed E-state index contributed by atoms with van der Waals surface area (Å²) in [6.07, 6.45) is 2.59. The fourth-order valence-corrected chi connectivity index (χ4v) is 3.47. The summed E-state index contributed by atoms with van der Waals surface area (Å²) in [7, 11) is 3.24. The number of benzene rings is 1. The van der Waals surface area contributed by atoms with Gasteiger partial charge in [-0.15, -0.1) is 6.58 Å². The monoisotopic (exact) mass is 392 g/mol. The zero-order valence-corrected chi connectivity index (χ0v) is 16.9. The topological polar surface area (TPSA) is 74.9 Å². The van der Waals surface area contributed by atoms with Gasteiger partial charge < -0.3 is 30.3 Å². The number of hydrogen-bond acceptors (Lipinski definition) is 4. The minimum atomic E-state index is -0.199. The second-order valence-corrected chi connectivity index (χ2v) is 6.47. The molecule has 7 nitrogen and oxygen atoms in total. The van der Waals surface area contributed by atoms with E-state index in [0.29, 0.717) is 36.2 Å². The van der Waals surface area contributed by atoms with Gasteiger partial charge in [0, 0.05) is 26.2 Å². The molecule has 0 aromatic heterocycles. The van der Waals surface area contributed by atoms with Crippen molar-refractivity contribution in [2.75, 3.05) is 40.4 Å². The van der Waals surface area contributed by atoms with Crippen LogP contribution in [0.4, 0.5) is 4.79 Å². The fraction of sp³-hybridized carbons (Fsp3) is 0.474. The van der Waals surface area contributed by atoms with E-state index in [1.54, 1.807) is 20.3 Å². The number of nitrogens with one attached hydrogen (secondary N) is 3. The molecule has 0 aliphatic carbocycles. The smallest absolute Gasteiger partial charge is 0.314 e. The van der Waals surface area contributed by atoms with Crippen molar-refractivity contribution in [3.63, 3.8) is 0 Å². The van der Waals surface area contributed by atoms with Gasteiger partial charge in [-0.3, -0.25) is 0 Å². The van der Waals surface area contributed by atoms with Gasteiger partial charge in [-0.25, -0.2) is 4.79 Å². The van der Waals surface area contributed by atoms with Crippen LogP contribution in [0.2, 0.25) is 0 Å². The third-order valence-electron chi connectivity index (χ3n) is 4.45. The molecular formula is C19H28N4O3S. The van der Waals surface area contributed by atoms with Crippen LogP contribution in [0.1, 0.15) is 24.1 Å². The molecule has 0 unspecified atom stereocenters. The Kier molecular flexibility index (Phi) is 7.72. The lowest BCUT2D eigenvalue weighted by molar-refractivity contribution is 0.233. The zero-order chi connectivity index (χ0) is 19.8. The molecule has 1 aromatic carbocycles. The van der Waals surface area contributed by atoms with Crippen LogP contribution in [-0.2, 0) is 6.42 Å². The van der Waals surface area contributed by atoms with Crippen LogP contribution in [0, 0.1) is 0 Å². The normalized spacial score (nSPS) is 15.4. The van der Waals surface area contributed by atoms with Gasteiger partial charge in [0.05, 0.1) is 20.3 Å². The highest BCUT2D eigenvalue weighted by Crippen LogP contribution is 2.37. The highest BCUT2D eigenvalue weighted by molar-refractivity contribution is 7.80. The van der Waals surface area contributed by atoms with Crippen LogP contribution in [0.15, 0.2) is 24.8 Å². The zero-order valence-electron chi connectivity index (χ0n) is 16.1. The number of carbonyl (C=O) groups excluding carboxylic acids is 1. The highest BCUT2D eigenvalue weighted by atomic mass is 32.1. The Hall–Kier alpha value is -2.48. The van der Waals surface area contributed by atoms with E-state index in [1.165, 1.54) is 0 Å². The number of amides is 2. The van der Waals surface area contributed by atoms with E-state index in [4.69, 9.17) is 21.7 Å². The van der Waals surface area contributed by atoms with Crippen LogP contribution in [0.3, 0.4) is 0 Å². The predicted molar refractivity (Wildman–Crippen MR) is 111 cm³/mol. The van der Waals surface area contributed by atoms with E-state index in [9.17, 15) is 4.79 Å². The third-order valence-corrected chi connectivity index (χ3v) is 4.83. The molecule has 0 bridgehead atoms. The quantitative estimate of drug-likeness (QED) is 0.487. The minimum absolute atomic E-state index is 0.110. The minimum Gasteiger partial charge on any atom is -0.493 e. The fourth-order valence-electron chi connectivity index (χ4n) is 3.16. The van der Waals surface area contributed by atoms with E-state index in [0.717, 1.165) is 24.1 Å². The van der Waals surface area contributed by atoms with Crippen LogP contribution in [0.5, 0.6) is 11.5 Å². The van der Waals surface area contributed by atoms with Gasteiger partial charge in [0.2, 0.25) is 0 Å². The maximum absolute atomic E-state index is 11.9. The average Bonchev–Trinajstić information content (AvgIpc) is 2.68. The number of ether oxygens (including phenoxy) is 2. The molecule has 27 heavy (non-hydrogen) atoms. The van der Waals surface area contributed by atoms with E-state index in [2.05, 4.69) is 27.4 Å². The van der Waals surface area contributed by atoms with Gasteiger partial charge >= 0.3 is 6.03 Å². The standard InChI is InChI=1S/C19H28N4O3S/c1-5-8-21-19(27)23-9-7-13-10-16(25-3)17(26-4)11-14(13)15(23)12-22-18(24)20-6-2/h5,10-11,15H,1,6-9,12H2,2-4H3,(H,21,27)(H2,20,22,24)/t15-/m1/s1. The summed E-state index contributed by atoms with van der Waals surface area (Å²) in [5.41, 5.74) is 2.23. The van der Waals surface area contributed by atoms with Crippen molar-refractivity contribution in [3.05, 3.63) is 35.9 Å². The van der Waals surface area contributed by atoms with Crippen molar-refractivity contribution in [2.24, 2.45) is 0 Å². The number of hydrogen-bond donors (Lipinski definition) is 3. The molecule has 0 fully saturated rings. The molecule has 1 aliphatic rings. The number of nitrogens with zero attached hydrogens (tertiary/aromatic N) is 1. The van der Waals surface area contributed by atoms with Crippen LogP contribution >= 0.6 is 12.2 Å². The van der Waals surface area contributed by atoms with Crippen LogP contribution in [-0.4, -0.2) is 56.4 Å². The van der Waals surface area contributed by atoms with Crippen molar-refractivity contribution in [2.45, 2.75) is 19.4 Å². The highest BCUT2D eigenvalue weighted by Gasteiger charge is 2.30. The summed E-state index contributed by atoms with van der Waals surface area (Å²) in [5.74, 6) is 1.36. The first-order valence-corrected chi connectivity index (χ1v) is 9.38. The van der Waals surface area contributed by atoms with Gasteiger partial charge in [-0.1, -0.05) is 6.08 Å². The van der Waals surface area contributed by atoms with Crippen molar-refractivity contribution < 1.29 is 14.3 Å². The Labute approximate surface area is 166 Å². The van der Waals surface area contributed by atoms with Crippen molar-refractivity contribution >= 4 is 23.4 Å². The molecule has 2 amide bonds. The molecule has 1 aliphatic heterocycles. The molecule has 0 spiro atoms. The summed E-state index contributed by atoms with van der Waals surface area (Å²) in [4.78, 5) is 14.0. The largest absolute Gasteiger partial charge is 0.493 e. The maximum atomic E-state index is 11.9. The maximum Gasteiger partial charge on any atom is 0.314 e. The lowest BCUT2D eigenvalue weighted by Crippen LogP contribution is -2.50. The van der Waals surface area contributed by atoms with Gasteiger partial charge in [-0.2, -0.15) is 0 Å². The number of carbonyl (C=O) groups is 1. The summed E-state index contributed by atoms with van der Waals surface area (Å²) in [5, 5.41) is 9.50. The van der Waals surface area contributed by atoms with Crippen LogP contribution < -0.4 is 25.4 Å². The van der Waals surface area contributed by atoms with Gasteiger partial charge in [0.25, 0.3) is 0 Å². The Bertz CT molecular complexity index is 696. The third kappa shape index (κ3) is 5.03. The molecule has 1 heterocycles. The molecule has 1 atom stereocenters. The first-order chi connectivity index (χ1) is 13.0. The molecule has 8 heteroatoms. The summed E-state index contributed by atoms with van der Waals surface area (Å²) < 4.78 is 10.9. The second-order valence-electron chi connectivity index (χ2n) is 6.08. The van der Waals surface area contributed by atoms with E-state index in [-0.39, 0.29) is 12.1 Å². The molecule has 1 aromatic rings. The van der Waals surface area contributed by atoms with Crippen molar-refractivity contribution in [1.29, 1.82) is 0 Å².